The molecule has 6 heteroatoms. The van der Waals surface area contributed by atoms with Crippen molar-refractivity contribution >= 4 is 5.96 Å². The average molecular weight is 363 g/mol. The van der Waals surface area contributed by atoms with Gasteiger partial charge in [-0.1, -0.05) is 12.5 Å². The summed E-state index contributed by atoms with van der Waals surface area (Å²) in [5.74, 6) is 2.42. The Labute approximate surface area is 158 Å². The van der Waals surface area contributed by atoms with Gasteiger partial charge in [0.05, 0.1) is 20.8 Å². The van der Waals surface area contributed by atoms with Gasteiger partial charge in [0.15, 0.2) is 17.5 Å². The Kier molecular flexibility index (Phi) is 9.10. The van der Waals surface area contributed by atoms with E-state index in [1.165, 1.54) is 37.9 Å². The largest absolute Gasteiger partial charge is 0.493 e. The van der Waals surface area contributed by atoms with Crippen LogP contribution in [-0.2, 0) is 6.42 Å². The van der Waals surface area contributed by atoms with Gasteiger partial charge in [-0.15, -0.1) is 0 Å². The summed E-state index contributed by atoms with van der Waals surface area (Å²) in [6.07, 6.45) is 4.93. The van der Waals surface area contributed by atoms with Crippen LogP contribution < -0.4 is 20.1 Å². The van der Waals surface area contributed by atoms with Crippen LogP contribution in [0.3, 0.4) is 0 Å². The summed E-state index contributed by atoms with van der Waals surface area (Å²) in [6.45, 7) is 8.11. The molecule has 1 aliphatic heterocycles. The zero-order valence-corrected chi connectivity index (χ0v) is 16.5. The van der Waals surface area contributed by atoms with Crippen LogP contribution in [0.1, 0.15) is 31.7 Å². The number of hydrogen-bond donors (Lipinski definition) is 2. The van der Waals surface area contributed by atoms with E-state index >= 15 is 0 Å². The lowest BCUT2D eigenvalue weighted by Crippen LogP contribution is -2.39. The lowest BCUT2D eigenvalue weighted by Gasteiger charge is -2.25. The third kappa shape index (κ3) is 6.75. The van der Waals surface area contributed by atoms with E-state index in [0.717, 1.165) is 50.1 Å². The molecule has 26 heavy (non-hydrogen) atoms. The summed E-state index contributed by atoms with van der Waals surface area (Å²) in [5, 5.41) is 6.74. The third-order valence-corrected chi connectivity index (χ3v) is 4.63. The molecule has 0 amide bonds. The number of likely N-dealkylation sites (tertiary alicyclic amines) is 1. The number of nitrogens with one attached hydrogen (secondary N) is 2. The van der Waals surface area contributed by atoms with E-state index < -0.39 is 0 Å². The van der Waals surface area contributed by atoms with Gasteiger partial charge in [0.25, 0.3) is 0 Å². The summed E-state index contributed by atoms with van der Waals surface area (Å²) in [5.41, 5.74) is 1.21. The van der Waals surface area contributed by atoms with Crippen LogP contribution in [0.2, 0.25) is 0 Å². The van der Waals surface area contributed by atoms with Crippen molar-refractivity contribution in [3.63, 3.8) is 0 Å². The first-order chi connectivity index (χ1) is 12.8. The molecule has 2 N–H and O–H groups in total. The first kappa shape index (κ1) is 20.4. The number of benzene rings is 1. The Morgan fingerprint density at radius 2 is 1.85 bits per heavy atom. The van der Waals surface area contributed by atoms with E-state index in [1.54, 1.807) is 14.2 Å². The molecule has 0 aliphatic carbocycles. The molecular formula is C20H34N4O2. The van der Waals surface area contributed by atoms with Crippen molar-refractivity contribution in [2.75, 3.05) is 53.5 Å². The smallest absolute Gasteiger partial charge is 0.191 e. The number of guanidine groups is 1. The van der Waals surface area contributed by atoms with Gasteiger partial charge in [0.2, 0.25) is 0 Å². The molecule has 0 spiro atoms. The maximum atomic E-state index is 5.37. The molecule has 1 aromatic carbocycles. The normalized spacial score (nSPS) is 15.6. The van der Waals surface area contributed by atoms with Crippen LogP contribution in [0.5, 0.6) is 11.5 Å². The molecule has 146 valence electrons. The minimum absolute atomic E-state index is 0.761. The predicted octanol–water partition coefficient (Wildman–Crippen LogP) is 2.29. The number of hydrogen-bond acceptors (Lipinski definition) is 4. The molecule has 0 atom stereocenters. The second kappa shape index (κ2) is 11.6. The lowest BCUT2D eigenvalue weighted by molar-refractivity contribution is 0.235. The molecule has 0 radical (unpaired) electrons. The van der Waals surface area contributed by atoms with Crippen molar-refractivity contribution in [2.24, 2.45) is 4.99 Å². The maximum absolute atomic E-state index is 5.37. The Morgan fingerprint density at radius 3 is 2.54 bits per heavy atom. The Bertz CT molecular complexity index is 557. The second-order valence-corrected chi connectivity index (χ2v) is 6.53. The number of rotatable bonds is 9. The van der Waals surface area contributed by atoms with Crippen molar-refractivity contribution in [3.05, 3.63) is 23.8 Å². The van der Waals surface area contributed by atoms with Gasteiger partial charge in [-0.3, -0.25) is 4.99 Å². The van der Waals surface area contributed by atoms with Gasteiger partial charge in [0.1, 0.15) is 0 Å². The number of aliphatic imine (C=N–C) groups is 1. The first-order valence-corrected chi connectivity index (χ1v) is 9.72. The van der Waals surface area contributed by atoms with E-state index in [4.69, 9.17) is 14.5 Å². The van der Waals surface area contributed by atoms with Gasteiger partial charge >= 0.3 is 0 Å². The summed E-state index contributed by atoms with van der Waals surface area (Å²) < 4.78 is 10.7. The highest BCUT2D eigenvalue weighted by molar-refractivity contribution is 5.79. The van der Waals surface area contributed by atoms with Crippen molar-refractivity contribution in [3.8, 4) is 11.5 Å². The molecule has 0 bridgehead atoms. The van der Waals surface area contributed by atoms with Crippen LogP contribution in [0, 0.1) is 0 Å². The Morgan fingerprint density at radius 1 is 1.08 bits per heavy atom. The molecule has 1 aromatic rings. The molecule has 1 fully saturated rings. The van der Waals surface area contributed by atoms with Crippen LogP contribution in [0.4, 0.5) is 0 Å². The molecule has 1 aliphatic rings. The highest BCUT2D eigenvalue weighted by atomic mass is 16.5. The fraction of sp³-hybridized carbons (Fsp3) is 0.650. The summed E-state index contributed by atoms with van der Waals surface area (Å²) in [6, 6.07) is 6.05. The molecule has 6 nitrogen and oxygen atoms in total. The van der Waals surface area contributed by atoms with Gasteiger partial charge in [-0.2, -0.15) is 0 Å². The molecular weight excluding hydrogens is 328 g/mol. The summed E-state index contributed by atoms with van der Waals surface area (Å²) >= 11 is 0. The molecule has 1 saturated heterocycles. The van der Waals surface area contributed by atoms with Crippen molar-refractivity contribution in [1.82, 2.24) is 15.5 Å². The standard InChI is InChI=1S/C20H34N4O2/c1-4-21-20(23-12-15-24-13-6-5-7-14-24)22-11-10-17-8-9-18(25-2)19(16-17)26-3/h8-9,16H,4-7,10-15H2,1-3H3,(H2,21,22,23). The van der Waals surface area contributed by atoms with Crippen LogP contribution in [0.15, 0.2) is 23.2 Å². The van der Waals surface area contributed by atoms with Crippen LogP contribution in [-0.4, -0.2) is 64.3 Å². The quantitative estimate of drug-likeness (QED) is 0.521. The average Bonchev–Trinajstić information content (AvgIpc) is 2.68. The van der Waals surface area contributed by atoms with E-state index in [-0.39, 0.29) is 0 Å². The SMILES string of the molecule is CCNC(=NCCN1CCCCC1)NCCc1ccc(OC)c(OC)c1. The number of piperidine rings is 1. The zero-order chi connectivity index (χ0) is 18.6. The van der Waals surface area contributed by atoms with Gasteiger partial charge in [-0.05, 0) is 57.0 Å². The Balaban J connectivity index is 1.79. The summed E-state index contributed by atoms with van der Waals surface area (Å²) in [7, 11) is 3.32. The van der Waals surface area contributed by atoms with Crippen molar-refractivity contribution < 1.29 is 9.47 Å². The minimum Gasteiger partial charge on any atom is -0.493 e. The highest BCUT2D eigenvalue weighted by Gasteiger charge is 2.09. The number of methoxy groups -OCH3 is 2. The monoisotopic (exact) mass is 362 g/mol. The molecule has 2 rings (SSSR count). The topological polar surface area (TPSA) is 58.1 Å². The fourth-order valence-corrected chi connectivity index (χ4v) is 3.19. The predicted molar refractivity (Wildman–Crippen MR) is 108 cm³/mol. The lowest BCUT2D eigenvalue weighted by atomic mass is 10.1. The zero-order valence-electron chi connectivity index (χ0n) is 16.5. The van der Waals surface area contributed by atoms with E-state index in [0.29, 0.717) is 0 Å². The minimum atomic E-state index is 0.761. The van der Waals surface area contributed by atoms with E-state index in [1.807, 2.05) is 12.1 Å². The second-order valence-electron chi connectivity index (χ2n) is 6.53. The maximum Gasteiger partial charge on any atom is 0.191 e. The third-order valence-electron chi connectivity index (χ3n) is 4.63. The number of ether oxygens (including phenoxy) is 2. The van der Waals surface area contributed by atoms with Crippen LogP contribution >= 0.6 is 0 Å². The molecule has 0 aromatic heterocycles. The van der Waals surface area contributed by atoms with Gasteiger partial charge in [-0.25, -0.2) is 0 Å². The van der Waals surface area contributed by atoms with E-state index in [9.17, 15) is 0 Å². The first-order valence-electron chi connectivity index (χ1n) is 9.72. The molecule has 0 unspecified atom stereocenters. The highest BCUT2D eigenvalue weighted by Crippen LogP contribution is 2.27. The Hall–Kier alpha value is -1.95. The van der Waals surface area contributed by atoms with Gasteiger partial charge < -0.3 is 25.0 Å². The summed E-state index contributed by atoms with van der Waals surface area (Å²) in [4.78, 5) is 7.22. The van der Waals surface area contributed by atoms with Crippen molar-refractivity contribution in [1.29, 1.82) is 0 Å². The molecule has 1 heterocycles. The molecule has 0 saturated carbocycles. The van der Waals surface area contributed by atoms with Crippen molar-refractivity contribution in [2.45, 2.75) is 32.6 Å². The number of nitrogens with zero attached hydrogens (tertiary/aromatic N) is 2. The van der Waals surface area contributed by atoms with Gasteiger partial charge in [0, 0.05) is 19.6 Å². The van der Waals surface area contributed by atoms with Crippen LogP contribution in [0.25, 0.3) is 0 Å². The fourth-order valence-electron chi connectivity index (χ4n) is 3.19. The van der Waals surface area contributed by atoms with E-state index in [2.05, 4.69) is 28.5 Å².